The molecule has 1 atom stereocenters. The van der Waals surface area contributed by atoms with Gasteiger partial charge in [0.2, 0.25) is 5.91 Å². The van der Waals surface area contributed by atoms with Gasteiger partial charge in [-0.25, -0.2) is 13.9 Å². The highest BCUT2D eigenvalue weighted by Crippen LogP contribution is 2.38. The van der Waals surface area contributed by atoms with Crippen LogP contribution in [0.25, 0.3) is 27.5 Å². The number of nitrogens with one attached hydrogen (secondary N) is 1. The first-order valence-corrected chi connectivity index (χ1v) is 15.5. The number of piperidine rings is 1. The summed E-state index contributed by atoms with van der Waals surface area (Å²) in [6, 6.07) is 23.1. The van der Waals surface area contributed by atoms with E-state index in [1.165, 1.54) is 18.0 Å². The van der Waals surface area contributed by atoms with Gasteiger partial charge in [-0.2, -0.15) is 10.2 Å². The van der Waals surface area contributed by atoms with E-state index in [1.807, 2.05) is 32.3 Å². The van der Waals surface area contributed by atoms with Crippen LogP contribution in [0.5, 0.6) is 0 Å². The Bertz CT molecular complexity index is 2040. The van der Waals surface area contributed by atoms with E-state index in [1.54, 1.807) is 12.1 Å². The van der Waals surface area contributed by atoms with Crippen molar-refractivity contribution in [1.82, 2.24) is 34.6 Å². The molecule has 3 aromatic heterocycles. The predicted octanol–water partition coefficient (Wildman–Crippen LogP) is 5.11. The van der Waals surface area contributed by atoms with Crippen molar-refractivity contribution in [3.05, 3.63) is 114 Å². The molecule has 0 radical (unpaired) electrons. The average molecular weight is 601 g/mol. The van der Waals surface area contributed by atoms with Crippen molar-refractivity contribution < 1.29 is 9.18 Å². The maximum absolute atomic E-state index is 13.8. The van der Waals surface area contributed by atoms with Gasteiger partial charge in [-0.15, -0.1) is 0 Å². The van der Waals surface area contributed by atoms with Gasteiger partial charge in [0, 0.05) is 48.4 Å². The summed E-state index contributed by atoms with van der Waals surface area (Å²) in [6.45, 7) is 2.62. The Morgan fingerprint density at radius 2 is 1.87 bits per heavy atom. The van der Waals surface area contributed by atoms with Crippen LogP contribution in [0.3, 0.4) is 0 Å². The highest BCUT2D eigenvalue weighted by molar-refractivity contribution is 5.92. The quantitative estimate of drug-likeness (QED) is 0.285. The molecule has 3 aromatic carbocycles. The van der Waals surface area contributed by atoms with Crippen LogP contribution in [0.15, 0.2) is 85.3 Å². The molecular formula is C35H33FN8O. The number of hydrogen-bond donors (Lipinski definition) is 2. The first-order valence-electron chi connectivity index (χ1n) is 15.5. The van der Waals surface area contributed by atoms with Gasteiger partial charge < -0.3 is 16.0 Å². The lowest BCUT2D eigenvalue weighted by molar-refractivity contribution is -0.134. The smallest absolute Gasteiger partial charge is 0.244 e. The fraction of sp³-hybridized carbons (Fsp3) is 0.257. The molecule has 9 nitrogen and oxygen atoms in total. The summed E-state index contributed by atoms with van der Waals surface area (Å²) >= 11 is 0. The summed E-state index contributed by atoms with van der Waals surface area (Å²) in [6.07, 6.45) is 5.88. The van der Waals surface area contributed by atoms with E-state index in [0.29, 0.717) is 32.0 Å². The van der Waals surface area contributed by atoms with E-state index < -0.39 is 6.04 Å². The first kappa shape index (κ1) is 27.5. The molecule has 1 fully saturated rings. The van der Waals surface area contributed by atoms with Gasteiger partial charge in [0.25, 0.3) is 0 Å². The van der Waals surface area contributed by atoms with Crippen LogP contribution in [0, 0.1) is 5.82 Å². The van der Waals surface area contributed by atoms with Crippen LogP contribution in [0.2, 0.25) is 0 Å². The molecule has 1 amide bonds. The molecule has 1 unspecified atom stereocenters. The van der Waals surface area contributed by atoms with E-state index in [4.69, 9.17) is 10.8 Å². The molecule has 10 heteroatoms. The summed E-state index contributed by atoms with van der Waals surface area (Å²) in [5.74, 6) is 0.406. The Labute approximate surface area is 259 Å². The van der Waals surface area contributed by atoms with Crippen molar-refractivity contribution in [3.63, 3.8) is 0 Å². The molecule has 2 aliphatic heterocycles. The molecule has 0 bridgehead atoms. The zero-order chi connectivity index (χ0) is 30.5. The molecule has 0 aliphatic carbocycles. The zero-order valence-electron chi connectivity index (χ0n) is 24.7. The summed E-state index contributed by atoms with van der Waals surface area (Å²) in [7, 11) is 0. The normalized spacial score (nSPS) is 17.2. The minimum atomic E-state index is -0.440. The lowest BCUT2D eigenvalue weighted by Crippen LogP contribution is -2.46. The number of nitrogen functional groups attached to an aromatic ring is 1. The lowest BCUT2D eigenvalue weighted by Gasteiger charge is -2.36. The monoisotopic (exact) mass is 600 g/mol. The molecule has 226 valence electrons. The number of anilines is 1. The van der Waals surface area contributed by atoms with Crippen molar-refractivity contribution in [2.24, 2.45) is 0 Å². The van der Waals surface area contributed by atoms with E-state index >= 15 is 0 Å². The second-order valence-electron chi connectivity index (χ2n) is 12.1. The third-order valence-electron chi connectivity index (χ3n) is 9.29. The zero-order valence-corrected chi connectivity index (χ0v) is 24.7. The van der Waals surface area contributed by atoms with E-state index in [0.717, 1.165) is 63.6 Å². The molecule has 45 heavy (non-hydrogen) atoms. The number of benzene rings is 3. The molecule has 0 saturated carbocycles. The Morgan fingerprint density at radius 1 is 1.02 bits per heavy atom. The summed E-state index contributed by atoms with van der Waals surface area (Å²) in [4.78, 5) is 19.9. The minimum absolute atomic E-state index is 0.0493. The van der Waals surface area contributed by atoms with E-state index in [-0.39, 0.29) is 17.6 Å². The van der Waals surface area contributed by atoms with Crippen LogP contribution in [-0.2, 0) is 17.8 Å². The van der Waals surface area contributed by atoms with Gasteiger partial charge in [-0.3, -0.25) is 9.48 Å². The number of fused-ring (bicyclic) bond motifs is 3. The Morgan fingerprint density at radius 3 is 2.71 bits per heavy atom. The van der Waals surface area contributed by atoms with Gasteiger partial charge in [0.15, 0.2) is 5.82 Å². The topological polar surface area (TPSA) is 106 Å². The lowest BCUT2D eigenvalue weighted by atomic mass is 9.90. The van der Waals surface area contributed by atoms with Gasteiger partial charge in [-0.05, 0) is 65.8 Å². The maximum atomic E-state index is 13.8. The number of hydrogen-bond acceptors (Lipinski definition) is 6. The molecule has 5 heterocycles. The Kier molecular flexibility index (Phi) is 6.79. The van der Waals surface area contributed by atoms with Crippen LogP contribution in [0.4, 0.5) is 10.2 Å². The third kappa shape index (κ3) is 5.01. The Balaban J connectivity index is 1.05. The van der Waals surface area contributed by atoms with Crippen molar-refractivity contribution >= 4 is 28.1 Å². The molecule has 8 rings (SSSR count). The second-order valence-corrected chi connectivity index (χ2v) is 12.1. The number of likely N-dealkylation sites (tertiary alicyclic amines) is 1. The van der Waals surface area contributed by atoms with Crippen molar-refractivity contribution in [2.45, 2.75) is 37.8 Å². The molecule has 0 spiro atoms. The van der Waals surface area contributed by atoms with E-state index in [2.05, 4.69) is 58.0 Å². The highest BCUT2D eigenvalue weighted by Gasteiger charge is 2.33. The SMILES string of the molecule is Nc1ncnn2c(C3CCN(C(=O)C4NCCc5cc(F)ccc54)CC3)cc(-c3ccc4cn(Cc5ccccc5)nc4c3)c12. The van der Waals surface area contributed by atoms with E-state index in [9.17, 15) is 9.18 Å². The van der Waals surface area contributed by atoms with Crippen molar-refractivity contribution in [1.29, 1.82) is 0 Å². The maximum Gasteiger partial charge on any atom is 0.244 e. The van der Waals surface area contributed by atoms with Gasteiger partial charge in [-0.1, -0.05) is 48.5 Å². The van der Waals surface area contributed by atoms with Gasteiger partial charge >= 0.3 is 0 Å². The molecule has 3 N–H and O–H groups in total. The molecule has 1 saturated heterocycles. The standard InChI is InChI=1S/C35H33FN8O/c36-27-8-9-28-25(16-27)10-13-38-32(28)35(45)42-14-11-23(12-15-42)31-18-29(33-34(37)39-21-40-44(31)33)24-6-7-26-20-43(41-30(26)17-24)19-22-4-2-1-3-5-22/h1-9,16-18,20-21,23,32,38H,10-15,19H2,(H2,37,39,40). The third-order valence-corrected chi connectivity index (χ3v) is 9.29. The number of nitrogens with zero attached hydrogens (tertiary/aromatic N) is 6. The molecule has 6 aromatic rings. The average Bonchev–Trinajstić information content (AvgIpc) is 3.66. The number of amides is 1. The number of halogens is 1. The largest absolute Gasteiger partial charge is 0.382 e. The highest BCUT2D eigenvalue weighted by atomic mass is 19.1. The van der Waals surface area contributed by atoms with Crippen molar-refractivity contribution in [3.8, 4) is 11.1 Å². The van der Waals surface area contributed by atoms with Crippen LogP contribution < -0.4 is 11.1 Å². The van der Waals surface area contributed by atoms with Crippen LogP contribution in [0.1, 0.15) is 47.2 Å². The second kappa shape index (κ2) is 11.1. The van der Waals surface area contributed by atoms with Crippen molar-refractivity contribution in [2.75, 3.05) is 25.4 Å². The molecule has 2 aliphatic rings. The molecular weight excluding hydrogens is 567 g/mol. The fourth-order valence-electron chi connectivity index (χ4n) is 7.02. The van der Waals surface area contributed by atoms with Gasteiger partial charge in [0.1, 0.15) is 23.7 Å². The van der Waals surface area contributed by atoms with Crippen LogP contribution >= 0.6 is 0 Å². The number of rotatable bonds is 5. The fourth-order valence-corrected chi connectivity index (χ4v) is 7.02. The number of carbonyl (C=O) groups excluding carboxylic acids is 1. The number of nitrogens with two attached hydrogens (primary N) is 1. The summed E-state index contributed by atoms with van der Waals surface area (Å²) in [5, 5.41) is 13.9. The van der Waals surface area contributed by atoms with Gasteiger partial charge in [0.05, 0.1) is 12.1 Å². The number of aromatic nitrogens is 5. The summed E-state index contributed by atoms with van der Waals surface area (Å²) < 4.78 is 17.7. The first-order chi connectivity index (χ1) is 22.0. The van der Waals surface area contributed by atoms with Crippen LogP contribution in [-0.4, -0.2) is 54.8 Å². The predicted molar refractivity (Wildman–Crippen MR) is 171 cm³/mol. The Hall–Kier alpha value is -5.09. The number of carbonyl (C=O) groups is 1. The minimum Gasteiger partial charge on any atom is -0.382 e. The summed E-state index contributed by atoms with van der Waals surface area (Å²) in [5.41, 5.74) is 14.2.